The summed E-state index contributed by atoms with van der Waals surface area (Å²) >= 11 is 1.67. The van der Waals surface area contributed by atoms with Crippen LogP contribution in [0.25, 0.3) is 0 Å². The summed E-state index contributed by atoms with van der Waals surface area (Å²) in [6, 6.07) is 0. The number of aromatic nitrogens is 3. The Labute approximate surface area is 82.7 Å². The second kappa shape index (κ2) is 5.11. The fraction of sp³-hybridized carbons (Fsp3) is 0.750. The second-order valence-electron chi connectivity index (χ2n) is 3.00. The number of aromatic amines is 1. The molecule has 1 heterocycles. The molecule has 13 heavy (non-hydrogen) atoms. The van der Waals surface area contributed by atoms with Crippen LogP contribution in [0.5, 0.6) is 0 Å². The molecule has 1 aromatic heterocycles. The number of thioether (sulfide) groups is 1. The van der Waals surface area contributed by atoms with E-state index in [1.54, 1.807) is 11.8 Å². The van der Waals surface area contributed by atoms with Crippen LogP contribution in [0.1, 0.15) is 26.7 Å². The molecule has 0 unspecified atom stereocenters. The van der Waals surface area contributed by atoms with Crippen molar-refractivity contribution >= 4 is 17.7 Å². The molecule has 0 saturated heterocycles. The predicted octanol–water partition coefficient (Wildman–Crippen LogP) is 1.92. The van der Waals surface area contributed by atoms with Gasteiger partial charge in [-0.2, -0.15) is 4.98 Å². The molecule has 0 aliphatic carbocycles. The van der Waals surface area contributed by atoms with Crippen molar-refractivity contribution in [2.45, 2.75) is 31.8 Å². The van der Waals surface area contributed by atoms with Gasteiger partial charge in [0, 0.05) is 5.75 Å². The van der Waals surface area contributed by atoms with Crippen LogP contribution in [0.4, 0.5) is 5.95 Å². The van der Waals surface area contributed by atoms with Crippen molar-refractivity contribution in [3.63, 3.8) is 0 Å². The highest BCUT2D eigenvalue weighted by atomic mass is 32.2. The molecule has 0 bridgehead atoms. The summed E-state index contributed by atoms with van der Waals surface area (Å²) in [7, 11) is 0. The Hall–Kier alpha value is -0.710. The number of nitrogens with one attached hydrogen (secondary N) is 1. The zero-order valence-corrected chi connectivity index (χ0v) is 8.90. The van der Waals surface area contributed by atoms with E-state index in [9.17, 15) is 0 Å². The van der Waals surface area contributed by atoms with Gasteiger partial charge in [0.2, 0.25) is 11.1 Å². The normalized spacial score (nSPS) is 11.0. The van der Waals surface area contributed by atoms with E-state index in [1.165, 1.54) is 12.8 Å². The van der Waals surface area contributed by atoms with Crippen molar-refractivity contribution in [3.8, 4) is 0 Å². The molecule has 0 spiro atoms. The monoisotopic (exact) mass is 200 g/mol. The summed E-state index contributed by atoms with van der Waals surface area (Å²) in [5.74, 6) is 2.22. The molecule has 5 heteroatoms. The summed E-state index contributed by atoms with van der Waals surface area (Å²) in [5, 5.41) is 7.34. The summed E-state index contributed by atoms with van der Waals surface area (Å²) in [5.41, 5.74) is 5.41. The smallest absolute Gasteiger partial charge is 0.216 e. The van der Waals surface area contributed by atoms with Crippen LogP contribution in [-0.4, -0.2) is 20.9 Å². The number of rotatable bonds is 5. The van der Waals surface area contributed by atoms with Crippen molar-refractivity contribution in [3.05, 3.63) is 0 Å². The van der Waals surface area contributed by atoms with E-state index in [0.29, 0.717) is 5.95 Å². The maximum atomic E-state index is 5.41. The van der Waals surface area contributed by atoms with Gasteiger partial charge < -0.3 is 5.73 Å². The van der Waals surface area contributed by atoms with Gasteiger partial charge in [-0.25, -0.2) is 5.10 Å². The fourth-order valence-electron chi connectivity index (χ4n) is 1.04. The van der Waals surface area contributed by atoms with E-state index in [0.717, 1.165) is 16.8 Å². The Morgan fingerprint density at radius 1 is 1.46 bits per heavy atom. The van der Waals surface area contributed by atoms with E-state index < -0.39 is 0 Å². The Morgan fingerprint density at radius 3 is 2.62 bits per heavy atom. The SMILES string of the molecule is CCC(CC)CSc1n[nH]c(N)n1. The molecule has 4 nitrogen and oxygen atoms in total. The Kier molecular flexibility index (Phi) is 4.08. The average molecular weight is 200 g/mol. The number of hydrogen-bond donors (Lipinski definition) is 2. The molecule has 74 valence electrons. The van der Waals surface area contributed by atoms with Crippen LogP contribution >= 0.6 is 11.8 Å². The fourth-order valence-corrected chi connectivity index (χ4v) is 2.17. The van der Waals surface area contributed by atoms with Gasteiger partial charge in [0.1, 0.15) is 0 Å². The van der Waals surface area contributed by atoms with Gasteiger partial charge in [-0.05, 0) is 5.92 Å². The van der Waals surface area contributed by atoms with Gasteiger partial charge in [-0.3, -0.25) is 0 Å². The third-order valence-corrected chi connectivity index (χ3v) is 3.16. The predicted molar refractivity (Wildman–Crippen MR) is 55.6 cm³/mol. The van der Waals surface area contributed by atoms with E-state index >= 15 is 0 Å². The van der Waals surface area contributed by atoms with Gasteiger partial charge in [-0.15, -0.1) is 5.10 Å². The molecule has 0 amide bonds. The highest BCUT2D eigenvalue weighted by molar-refractivity contribution is 7.99. The molecule has 0 aliphatic rings. The van der Waals surface area contributed by atoms with E-state index in [2.05, 4.69) is 29.0 Å². The maximum absolute atomic E-state index is 5.41. The van der Waals surface area contributed by atoms with Gasteiger partial charge >= 0.3 is 0 Å². The molecule has 1 aromatic rings. The van der Waals surface area contributed by atoms with Crippen molar-refractivity contribution in [2.24, 2.45) is 5.92 Å². The Morgan fingerprint density at radius 2 is 2.15 bits per heavy atom. The van der Waals surface area contributed by atoms with Crippen LogP contribution in [0, 0.1) is 5.92 Å². The van der Waals surface area contributed by atoms with E-state index in [4.69, 9.17) is 5.73 Å². The third-order valence-electron chi connectivity index (χ3n) is 2.09. The maximum Gasteiger partial charge on any atom is 0.216 e. The van der Waals surface area contributed by atoms with Crippen LogP contribution in [-0.2, 0) is 0 Å². The first-order chi connectivity index (χ1) is 6.26. The highest BCUT2D eigenvalue weighted by Gasteiger charge is 2.06. The molecule has 0 aromatic carbocycles. The largest absolute Gasteiger partial charge is 0.368 e. The van der Waals surface area contributed by atoms with E-state index in [-0.39, 0.29) is 0 Å². The van der Waals surface area contributed by atoms with E-state index in [1.807, 2.05) is 0 Å². The van der Waals surface area contributed by atoms with Crippen molar-refractivity contribution in [2.75, 3.05) is 11.5 Å². The third kappa shape index (κ3) is 3.26. The second-order valence-corrected chi connectivity index (χ2v) is 3.98. The Bertz CT molecular complexity index is 244. The van der Waals surface area contributed by atoms with Gasteiger partial charge in [0.15, 0.2) is 0 Å². The lowest BCUT2D eigenvalue weighted by Crippen LogP contribution is -2.00. The molecule has 0 fully saturated rings. The first-order valence-corrected chi connectivity index (χ1v) is 5.55. The average Bonchev–Trinajstić information content (AvgIpc) is 2.53. The molecule has 0 saturated carbocycles. The zero-order chi connectivity index (χ0) is 9.68. The minimum Gasteiger partial charge on any atom is -0.368 e. The van der Waals surface area contributed by atoms with Crippen molar-refractivity contribution < 1.29 is 0 Å². The number of nitrogens with zero attached hydrogens (tertiary/aromatic N) is 2. The molecule has 3 N–H and O–H groups in total. The summed E-state index contributed by atoms with van der Waals surface area (Å²) < 4.78 is 0. The number of nitrogen functional groups attached to an aromatic ring is 1. The van der Waals surface area contributed by atoms with Crippen LogP contribution in [0.2, 0.25) is 0 Å². The topological polar surface area (TPSA) is 67.6 Å². The highest BCUT2D eigenvalue weighted by Crippen LogP contribution is 2.20. The first kappa shape index (κ1) is 10.4. The van der Waals surface area contributed by atoms with Gasteiger partial charge in [0.05, 0.1) is 0 Å². The van der Waals surface area contributed by atoms with Crippen LogP contribution in [0.15, 0.2) is 5.16 Å². The lowest BCUT2D eigenvalue weighted by Gasteiger charge is -2.08. The molecule has 0 aliphatic heterocycles. The van der Waals surface area contributed by atoms with Crippen molar-refractivity contribution in [1.29, 1.82) is 0 Å². The van der Waals surface area contributed by atoms with Gasteiger partial charge in [-0.1, -0.05) is 38.5 Å². The quantitative estimate of drug-likeness (QED) is 0.712. The Balaban J connectivity index is 2.33. The van der Waals surface area contributed by atoms with Crippen molar-refractivity contribution in [1.82, 2.24) is 15.2 Å². The lowest BCUT2D eigenvalue weighted by molar-refractivity contribution is 0.553. The van der Waals surface area contributed by atoms with Crippen LogP contribution < -0.4 is 5.73 Å². The standard InChI is InChI=1S/C8H16N4S/c1-3-6(4-2)5-13-8-10-7(9)11-12-8/h6H,3-5H2,1-2H3,(H3,9,10,11,12). The first-order valence-electron chi connectivity index (χ1n) is 4.56. The number of hydrogen-bond acceptors (Lipinski definition) is 4. The minimum atomic E-state index is 0.395. The number of H-pyrrole nitrogens is 1. The summed E-state index contributed by atoms with van der Waals surface area (Å²) in [6.07, 6.45) is 2.42. The molecule has 0 atom stereocenters. The van der Waals surface area contributed by atoms with Crippen LogP contribution in [0.3, 0.4) is 0 Å². The summed E-state index contributed by atoms with van der Waals surface area (Å²) in [6.45, 7) is 4.42. The van der Waals surface area contributed by atoms with Gasteiger partial charge in [0.25, 0.3) is 0 Å². The minimum absolute atomic E-state index is 0.395. The molecule has 1 rings (SSSR count). The zero-order valence-electron chi connectivity index (χ0n) is 8.08. The summed E-state index contributed by atoms with van der Waals surface area (Å²) in [4.78, 5) is 4.03. The molecular formula is C8H16N4S. The molecular weight excluding hydrogens is 184 g/mol. The number of nitrogens with two attached hydrogens (primary N) is 1. The molecule has 0 radical (unpaired) electrons. The number of anilines is 1. The lowest BCUT2D eigenvalue weighted by atomic mass is 10.1.